The number of nitro groups is 1. The molecule has 1 aliphatic rings. The molecule has 3 aromatic rings. The zero-order valence-corrected chi connectivity index (χ0v) is 16.4. The van der Waals surface area contributed by atoms with Crippen LogP contribution < -0.4 is 10.2 Å². The first-order chi connectivity index (χ1) is 14.5. The highest BCUT2D eigenvalue weighted by Crippen LogP contribution is 2.28. The molecule has 12 heteroatoms. The van der Waals surface area contributed by atoms with Gasteiger partial charge in [0, 0.05) is 24.8 Å². The summed E-state index contributed by atoms with van der Waals surface area (Å²) in [6.45, 7) is 1.23. The van der Waals surface area contributed by atoms with Crippen LogP contribution in [-0.4, -0.2) is 48.9 Å². The Balaban J connectivity index is 1.43. The van der Waals surface area contributed by atoms with E-state index in [4.69, 9.17) is 11.6 Å². The summed E-state index contributed by atoms with van der Waals surface area (Å²) in [5, 5.41) is 26.2. The molecule has 0 saturated carbocycles. The van der Waals surface area contributed by atoms with Crippen LogP contribution in [0.15, 0.2) is 43.0 Å². The Bertz CT molecular complexity index is 1060. The van der Waals surface area contributed by atoms with Crippen LogP contribution in [0.25, 0.3) is 5.82 Å². The van der Waals surface area contributed by atoms with Gasteiger partial charge in [-0.05, 0) is 37.1 Å². The van der Waals surface area contributed by atoms with E-state index < -0.39 is 4.92 Å². The molecular formula is C18H17ClN8O3. The van der Waals surface area contributed by atoms with Crippen molar-refractivity contribution in [2.45, 2.75) is 12.8 Å². The highest BCUT2D eigenvalue weighted by molar-refractivity contribution is 6.32. The van der Waals surface area contributed by atoms with E-state index in [0.717, 1.165) is 13.0 Å². The second-order valence-corrected chi connectivity index (χ2v) is 7.19. The Morgan fingerprint density at radius 3 is 2.73 bits per heavy atom. The molecule has 154 valence electrons. The molecule has 1 unspecified atom stereocenters. The standard InChI is InChI=1S/C18H17ClN8O3/c19-14-4-3-13(8-15(14)27(29)30)22-18(28)12-2-1-7-25(9-12)16-5-6-17(24-23-16)26-11-20-10-21-26/h3-6,8,10-12H,1-2,7,9H2,(H,22,28). The predicted molar refractivity (Wildman–Crippen MR) is 109 cm³/mol. The lowest BCUT2D eigenvalue weighted by molar-refractivity contribution is -0.384. The van der Waals surface area contributed by atoms with Crippen LogP contribution >= 0.6 is 11.6 Å². The molecule has 3 heterocycles. The molecule has 11 nitrogen and oxygen atoms in total. The number of rotatable bonds is 5. The van der Waals surface area contributed by atoms with Gasteiger partial charge >= 0.3 is 0 Å². The van der Waals surface area contributed by atoms with E-state index in [1.165, 1.54) is 29.5 Å². The smallest absolute Gasteiger partial charge is 0.289 e. The number of nitrogens with one attached hydrogen (secondary N) is 1. The normalized spacial score (nSPS) is 16.3. The van der Waals surface area contributed by atoms with Crippen molar-refractivity contribution in [1.29, 1.82) is 0 Å². The van der Waals surface area contributed by atoms with Crippen molar-refractivity contribution in [3.8, 4) is 5.82 Å². The Kier molecular flexibility index (Phi) is 5.53. The highest BCUT2D eigenvalue weighted by atomic mass is 35.5. The molecule has 1 N–H and O–H groups in total. The minimum Gasteiger partial charge on any atom is -0.354 e. The monoisotopic (exact) mass is 428 g/mol. The Hall–Kier alpha value is -3.60. The van der Waals surface area contributed by atoms with Gasteiger partial charge in [0.15, 0.2) is 11.6 Å². The number of nitrogens with zero attached hydrogens (tertiary/aromatic N) is 7. The molecule has 1 saturated heterocycles. The maximum Gasteiger partial charge on any atom is 0.289 e. The minimum atomic E-state index is -0.581. The first kappa shape index (κ1) is 19.7. The third kappa shape index (κ3) is 4.20. The van der Waals surface area contributed by atoms with Crippen LogP contribution in [0.4, 0.5) is 17.2 Å². The Morgan fingerprint density at radius 2 is 2.03 bits per heavy atom. The molecular weight excluding hydrogens is 412 g/mol. The molecule has 0 aliphatic carbocycles. The second kappa shape index (κ2) is 8.41. The van der Waals surface area contributed by atoms with Crippen molar-refractivity contribution in [3.05, 3.63) is 58.1 Å². The van der Waals surface area contributed by atoms with Crippen LogP contribution in [-0.2, 0) is 4.79 Å². The zero-order valence-electron chi connectivity index (χ0n) is 15.7. The first-order valence-electron chi connectivity index (χ1n) is 9.20. The van der Waals surface area contributed by atoms with Gasteiger partial charge < -0.3 is 10.2 Å². The van der Waals surface area contributed by atoms with E-state index in [1.54, 1.807) is 12.1 Å². The predicted octanol–water partition coefficient (Wildman–Crippen LogP) is 2.47. The van der Waals surface area contributed by atoms with Crippen LogP contribution in [0.5, 0.6) is 0 Å². The molecule has 1 amide bonds. The van der Waals surface area contributed by atoms with Crippen molar-refractivity contribution in [2.24, 2.45) is 5.92 Å². The molecule has 0 spiro atoms. The van der Waals surface area contributed by atoms with Gasteiger partial charge in [0.2, 0.25) is 5.91 Å². The summed E-state index contributed by atoms with van der Waals surface area (Å²) < 4.78 is 1.51. The van der Waals surface area contributed by atoms with Gasteiger partial charge in [0.05, 0.1) is 10.8 Å². The van der Waals surface area contributed by atoms with Crippen molar-refractivity contribution >= 4 is 34.7 Å². The summed E-state index contributed by atoms with van der Waals surface area (Å²) in [5.41, 5.74) is 0.0904. The number of halogens is 1. The molecule has 1 atom stereocenters. The summed E-state index contributed by atoms with van der Waals surface area (Å²) in [6.07, 6.45) is 4.47. The number of aromatic nitrogens is 5. The number of hydrogen-bond acceptors (Lipinski definition) is 8. The number of hydrogen-bond donors (Lipinski definition) is 1. The lowest BCUT2D eigenvalue weighted by Crippen LogP contribution is -2.41. The minimum absolute atomic E-state index is 0.0229. The zero-order chi connectivity index (χ0) is 21.1. The van der Waals surface area contributed by atoms with Gasteiger partial charge in [-0.25, -0.2) is 9.67 Å². The van der Waals surface area contributed by atoms with Crippen molar-refractivity contribution in [2.75, 3.05) is 23.3 Å². The Labute approximate surface area is 175 Å². The molecule has 1 fully saturated rings. The summed E-state index contributed by atoms with van der Waals surface area (Å²) in [5.74, 6) is 0.721. The average molecular weight is 429 g/mol. The van der Waals surface area contributed by atoms with E-state index in [0.29, 0.717) is 30.3 Å². The van der Waals surface area contributed by atoms with E-state index in [9.17, 15) is 14.9 Å². The number of carbonyl (C=O) groups is 1. The summed E-state index contributed by atoms with van der Waals surface area (Å²) >= 11 is 5.82. The molecule has 30 heavy (non-hydrogen) atoms. The van der Waals surface area contributed by atoms with Crippen molar-refractivity contribution < 1.29 is 9.72 Å². The van der Waals surface area contributed by atoms with Crippen molar-refractivity contribution in [1.82, 2.24) is 25.0 Å². The fraction of sp³-hybridized carbons (Fsp3) is 0.278. The van der Waals surface area contributed by atoms with Crippen LogP contribution in [0, 0.1) is 16.0 Å². The third-order valence-electron chi connectivity index (χ3n) is 4.82. The number of nitro benzene ring substituents is 1. The van der Waals surface area contributed by atoms with Gasteiger partial charge in [0.1, 0.15) is 17.7 Å². The quantitative estimate of drug-likeness (QED) is 0.484. The van der Waals surface area contributed by atoms with E-state index >= 15 is 0 Å². The summed E-state index contributed by atoms with van der Waals surface area (Å²) in [7, 11) is 0. The Morgan fingerprint density at radius 1 is 1.23 bits per heavy atom. The first-order valence-corrected chi connectivity index (χ1v) is 9.57. The number of piperidine rings is 1. The number of anilines is 2. The van der Waals surface area contributed by atoms with E-state index in [-0.39, 0.29) is 22.5 Å². The van der Waals surface area contributed by atoms with Gasteiger partial charge in [-0.2, -0.15) is 5.10 Å². The lowest BCUT2D eigenvalue weighted by atomic mass is 9.97. The van der Waals surface area contributed by atoms with Crippen molar-refractivity contribution in [3.63, 3.8) is 0 Å². The summed E-state index contributed by atoms with van der Waals surface area (Å²) in [6, 6.07) is 7.81. The van der Waals surface area contributed by atoms with E-state index in [1.807, 2.05) is 11.0 Å². The van der Waals surface area contributed by atoms with Crippen LogP contribution in [0.3, 0.4) is 0 Å². The molecule has 4 rings (SSSR count). The third-order valence-corrected chi connectivity index (χ3v) is 5.14. The fourth-order valence-corrected chi connectivity index (χ4v) is 3.50. The molecule has 0 radical (unpaired) electrons. The second-order valence-electron chi connectivity index (χ2n) is 6.79. The summed E-state index contributed by atoms with van der Waals surface area (Å²) in [4.78, 5) is 29.1. The maximum atomic E-state index is 12.7. The van der Waals surface area contributed by atoms with Crippen LogP contribution in [0.1, 0.15) is 12.8 Å². The van der Waals surface area contributed by atoms with E-state index in [2.05, 4.69) is 25.6 Å². The SMILES string of the molecule is O=C(Nc1ccc(Cl)c([N+](=O)[O-])c1)C1CCCN(c2ccc(-n3cncn3)nn2)C1. The van der Waals surface area contributed by atoms with Gasteiger partial charge in [-0.1, -0.05) is 11.6 Å². The number of carbonyl (C=O) groups excluding carboxylic acids is 1. The maximum absolute atomic E-state index is 12.7. The molecule has 1 aromatic carbocycles. The van der Waals surface area contributed by atoms with Gasteiger partial charge in [-0.15, -0.1) is 10.2 Å². The topological polar surface area (TPSA) is 132 Å². The molecule has 2 aromatic heterocycles. The number of amides is 1. The highest BCUT2D eigenvalue weighted by Gasteiger charge is 2.27. The molecule has 0 bridgehead atoms. The average Bonchev–Trinajstić information content (AvgIpc) is 3.30. The lowest BCUT2D eigenvalue weighted by Gasteiger charge is -2.32. The fourth-order valence-electron chi connectivity index (χ4n) is 3.31. The van der Waals surface area contributed by atoms with Gasteiger partial charge in [-0.3, -0.25) is 14.9 Å². The molecule has 1 aliphatic heterocycles. The van der Waals surface area contributed by atoms with Crippen LogP contribution in [0.2, 0.25) is 5.02 Å². The number of benzene rings is 1. The van der Waals surface area contributed by atoms with Gasteiger partial charge in [0.25, 0.3) is 5.69 Å². The largest absolute Gasteiger partial charge is 0.354 e.